The van der Waals surface area contributed by atoms with E-state index in [0.717, 1.165) is 29.8 Å². The number of hydrogen-bond donors (Lipinski definition) is 1. The highest BCUT2D eigenvalue weighted by Crippen LogP contribution is 2.29. The lowest BCUT2D eigenvalue weighted by Crippen LogP contribution is -2.11. The fourth-order valence-corrected chi connectivity index (χ4v) is 2.06. The molecule has 2 aromatic carbocycles. The van der Waals surface area contributed by atoms with Crippen LogP contribution < -0.4 is 5.32 Å². The molecule has 2 rings (SSSR count). The fraction of sp³-hybridized carbons (Fsp3) is 0.200. The van der Waals surface area contributed by atoms with Gasteiger partial charge >= 0.3 is 0 Å². The maximum absolute atomic E-state index is 13.3. The fourth-order valence-electron chi connectivity index (χ4n) is 1.84. The van der Waals surface area contributed by atoms with Crippen molar-refractivity contribution in [1.29, 1.82) is 0 Å². The van der Waals surface area contributed by atoms with Crippen molar-refractivity contribution in [2.24, 2.45) is 0 Å². The average Bonchev–Trinajstić information content (AvgIpc) is 2.39. The molecule has 18 heavy (non-hydrogen) atoms. The van der Waals surface area contributed by atoms with Crippen molar-refractivity contribution in [3.8, 4) is 11.1 Å². The van der Waals surface area contributed by atoms with Crippen LogP contribution >= 0.6 is 11.6 Å². The smallest absolute Gasteiger partial charge is 0.123 e. The van der Waals surface area contributed by atoms with Crippen LogP contribution in [0.15, 0.2) is 42.5 Å². The topological polar surface area (TPSA) is 12.0 Å². The van der Waals surface area contributed by atoms with Gasteiger partial charge in [-0.2, -0.15) is 0 Å². The molecule has 1 nitrogen and oxygen atoms in total. The van der Waals surface area contributed by atoms with Gasteiger partial charge in [-0.05, 0) is 41.9 Å². The van der Waals surface area contributed by atoms with E-state index in [1.807, 2.05) is 24.3 Å². The molecule has 0 amide bonds. The molecule has 1 N–H and O–H groups in total. The summed E-state index contributed by atoms with van der Waals surface area (Å²) < 4.78 is 13.3. The van der Waals surface area contributed by atoms with E-state index in [1.54, 1.807) is 6.07 Å². The number of nitrogens with one attached hydrogen (secondary N) is 1. The van der Waals surface area contributed by atoms with Crippen LogP contribution in [0.3, 0.4) is 0 Å². The maximum Gasteiger partial charge on any atom is 0.123 e. The lowest BCUT2D eigenvalue weighted by atomic mass is 10.0. The lowest BCUT2D eigenvalue weighted by Gasteiger charge is -2.08. The SMILES string of the molecule is CCNCc1cccc(-c2cc(F)ccc2Cl)c1. The molecular weight excluding hydrogens is 249 g/mol. The molecule has 0 aliphatic rings. The zero-order chi connectivity index (χ0) is 13.0. The van der Waals surface area contributed by atoms with Gasteiger partial charge in [0.25, 0.3) is 0 Å². The summed E-state index contributed by atoms with van der Waals surface area (Å²) >= 11 is 6.11. The zero-order valence-electron chi connectivity index (χ0n) is 10.2. The second-order valence-electron chi connectivity index (χ2n) is 4.10. The Hall–Kier alpha value is -1.38. The highest BCUT2D eigenvalue weighted by molar-refractivity contribution is 6.33. The van der Waals surface area contributed by atoms with Crippen molar-refractivity contribution in [3.63, 3.8) is 0 Å². The van der Waals surface area contributed by atoms with Gasteiger partial charge in [0.15, 0.2) is 0 Å². The molecule has 0 aliphatic heterocycles. The van der Waals surface area contributed by atoms with E-state index in [4.69, 9.17) is 11.6 Å². The van der Waals surface area contributed by atoms with E-state index in [9.17, 15) is 4.39 Å². The summed E-state index contributed by atoms with van der Waals surface area (Å²) in [6.45, 7) is 3.79. The Labute approximate surface area is 112 Å². The third kappa shape index (κ3) is 3.09. The predicted molar refractivity (Wildman–Crippen MR) is 74.2 cm³/mol. The first-order chi connectivity index (χ1) is 8.70. The molecule has 0 heterocycles. The number of hydrogen-bond acceptors (Lipinski definition) is 1. The second-order valence-corrected chi connectivity index (χ2v) is 4.51. The van der Waals surface area contributed by atoms with Crippen LogP contribution in [0.5, 0.6) is 0 Å². The largest absolute Gasteiger partial charge is 0.313 e. The highest BCUT2D eigenvalue weighted by Gasteiger charge is 2.05. The molecule has 0 radical (unpaired) electrons. The van der Waals surface area contributed by atoms with Crippen molar-refractivity contribution in [2.45, 2.75) is 13.5 Å². The lowest BCUT2D eigenvalue weighted by molar-refractivity contribution is 0.628. The van der Waals surface area contributed by atoms with E-state index in [1.165, 1.54) is 12.1 Å². The van der Waals surface area contributed by atoms with Gasteiger partial charge in [-0.3, -0.25) is 0 Å². The van der Waals surface area contributed by atoms with Crippen molar-refractivity contribution in [2.75, 3.05) is 6.54 Å². The first-order valence-corrected chi connectivity index (χ1v) is 6.33. The van der Waals surface area contributed by atoms with E-state index >= 15 is 0 Å². The first-order valence-electron chi connectivity index (χ1n) is 5.96. The summed E-state index contributed by atoms with van der Waals surface area (Å²) in [4.78, 5) is 0. The summed E-state index contributed by atoms with van der Waals surface area (Å²) in [7, 11) is 0. The van der Waals surface area contributed by atoms with Crippen LogP contribution in [-0.2, 0) is 6.54 Å². The third-order valence-electron chi connectivity index (χ3n) is 2.75. The van der Waals surface area contributed by atoms with Gasteiger partial charge in [0.2, 0.25) is 0 Å². The Bertz CT molecular complexity index is 540. The zero-order valence-corrected chi connectivity index (χ0v) is 11.0. The Balaban J connectivity index is 2.35. The molecule has 0 fully saturated rings. The molecule has 0 unspecified atom stereocenters. The molecule has 0 saturated carbocycles. The summed E-state index contributed by atoms with van der Waals surface area (Å²) in [5, 5.41) is 3.83. The van der Waals surface area contributed by atoms with Crippen molar-refractivity contribution in [1.82, 2.24) is 5.32 Å². The van der Waals surface area contributed by atoms with E-state index < -0.39 is 0 Å². The molecule has 0 spiro atoms. The average molecular weight is 264 g/mol. The van der Waals surface area contributed by atoms with E-state index in [2.05, 4.69) is 12.2 Å². The Morgan fingerprint density at radius 2 is 2.00 bits per heavy atom. The summed E-state index contributed by atoms with van der Waals surface area (Å²) in [5.74, 6) is -0.272. The standard InChI is InChI=1S/C15H15ClFN/c1-2-18-10-11-4-3-5-12(8-11)14-9-13(17)6-7-15(14)16/h3-9,18H,2,10H2,1H3. The molecule has 94 valence electrons. The Kier molecular flexibility index (Phi) is 4.34. The van der Waals surface area contributed by atoms with Crippen molar-refractivity contribution < 1.29 is 4.39 Å². The molecular formula is C15H15ClFN. The van der Waals surface area contributed by atoms with Gasteiger partial charge in [-0.25, -0.2) is 4.39 Å². The molecule has 2 aromatic rings. The summed E-state index contributed by atoms with van der Waals surface area (Å²) in [5.41, 5.74) is 2.83. The Morgan fingerprint density at radius 3 is 2.78 bits per heavy atom. The predicted octanol–water partition coefficient (Wildman–Crippen LogP) is 4.26. The minimum Gasteiger partial charge on any atom is -0.313 e. The van der Waals surface area contributed by atoms with Crippen LogP contribution in [0.25, 0.3) is 11.1 Å². The number of benzene rings is 2. The van der Waals surface area contributed by atoms with Gasteiger partial charge in [-0.15, -0.1) is 0 Å². The van der Waals surface area contributed by atoms with Gasteiger partial charge in [0.05, 0.1) is 0 Å². The molecule has 0 bridgehead atoms. The summed E-state index contributed by atoms with van der Waals surface area (Å²) in [6.07, 6.45) is 0. The maximum atomic E-state index is 13.3. The summed E-state index contributed by atoms with van der Waals surface area (Å²) in [6, 6.07) is 12.4. The first kappa shape index (κ1) is 13.1. The van der Waals surface area contributed by atoms with Crippen LogP contribution in [0.2, 0.25) is 5.02 Å². The van der Waals surface area contributed by atoms with E-state index in [0.29, 0.717) is 5.02 Å². The minimum atomic E-state index is -0.272. The van der Waals surface area contributed by atoms with Crippen LogP contribution in [0.4, 0.5) is 4.39 Å². The Morgan fingerprint density at radius 1 is 1.17 bits per heavy atom. The molecule has 0 aromatic heterocycles. The quantitative estimate of drug-likeness (QED) is 0.869. The third-order valence-corrected chi connectivity index (χ3v) is 3.08. The molecule has 3 heteroatoms. The van der Waals surface area contributed by atoms with Crippen LogP contribution in [0, 0.1) is 5.82 Å². The second kappa shape index (κ2) is 5.98. The van der Waals surface area contributed by atoms with Crippen LogP contribution in [-0.4, -0.2) is 6.54 Å². The van der Waals surface area contributed by atoms with Gasteiger partial charge in [0.1, 0.15) is 5.82 Å². The van der Waals surface area contributed by atoms with Crippen LogP contribution in [0.1, 0.15) is 12.5 Å². The monoisotopic (exact) mass is 263 g/mol. The van der Waals surface area contributed by atoms with Gasteiger partial charge in [0, 0.05) is 17.1 Å². The highest BCUT2D eigenvalue weighted by atomic mass is 35.5. The van der Waals surface area contributed by atoms with E-state index in [-0.39, 0.29) is 5.82 Å². The number of rotatable bonds is 4. The normalized spacial score (nSPS) is 10.6. The molecule has 0 aliphatic carbocycles. The van der Waals surface area contributed by atoms with Gasteiger partial charge < -0.3 is 5.32 Å². The molecule has 0 saturated heterocycles. The van der Waals surface area contributed by atoms with Crippen molar-refractivity contribution in [3.05, 3.63) is 58.9 Å². The molecule has 0 atom stereocenters. The number of halogens is 2. The van der Waals surface area contributed by atoms with Gasteiger partial charge in [-0.1, -0.05) is 36.7 Å². The minimum absolute atomic E-state index is 0.272. The van der Waals surface area contributed by atoms with Crippen molar-refractivity contribution >= 4 is 11.6 Å².